The number of urea groups is 1. The van der Waals surface area contributed by atoms with Gasteiger partial charge in [0, 0.05) is 24.0 Å². The molecule has 0 aliphatic carbocycles. The average Bonchev–Trinajstić information content (AvgIpc) is 2.83. The number of amides is 2. The summed E-state index contributed by atoms with van der Waals surface area (Å²) >= 11 is 6.19. The number of carbonyl (C=O) groups excluding carboxylic acids is 1. The Labute approximate surface area is 217 Å². The Hall–Kier alpha value is -3.87. The summed E-state index contributed by atoms with van der Waals surface area (Å²) in [5, 5.41) is 24.5. The van der Waals surface area contributed by atoms with E-state index in [2.05, 4.69) is 10.6 Å². The zero-order valence-electron chi connectivity index (χ0n) is 19.6. The van der Waals surface area contributed by atoms with E-state index in [0.29, 0.717) is 17.7 Å². The van der Waals surface area contributed by atoms with Crippen molar-refractivity contribution in [3.63, 3.8) is 0 Å². The first-order valence-electron chi connectivity index (χ1n) is 10.9. The van der Waals surface area contributed by atoms with E-state index < -0.39 is 51.3 Å². The lowest BCUT2D eigenvalue weighted by atomic mass is 10.0. The highest BCUT2D eigenvalue weighted by atomic mass is 35.5. The van der Waals surface area contributed by atoms with Crippen LogP contribution in [-0.4, -0.2) is 41.5 Å². The van der Waals surface area contributed by atoms with Gasteiger partial charge in [-0.1, -0.05) is 35.9 Å². The molecular formula is C24H25ClN4O7S. The SMILES string of the molecule is CS(=O)(=O)c1ccc(Cl)c(Cn2ccc(O)c(NC(=O)NC(CC(=O)O)c3ccc(CN)cc3)c2=O)c1. The van der Waals surface area contributed by atoms with Crippen LogP contribution in [0.3, 0.4) is 0 Å². The van der Waals surface area contributed by atoms with Crippen molar-refractivity contribution in [2.75, 3.05) is 11.6 Å². The predicted molar refractivity (Wildman–Crippen MR) is 138 cm³/mol. The summed E-state index contributed by atoms with van der Waals surface area (Å²) in [5.74, 6) is -1.68. The molecule has 3 aromatic rings. The fourth-order valence-corrected chi connectivity index (χ4v) is 4.36. The maximum atomic E-state index is 13.0. The molecule has 1 unspecified atom stereocenters. The third kappa shape index (κ3) is 7.09. The number of nitrogens with zero attached hydrogens (tertiary/aromatic N) is 1. The first-order valence-corrected chi connectivity index (χ1v) is 13.1. The first kappa shape index (κ1) is 27.7. The standard InChI is InChI=1S/C24H25ClN4O7S/c1-37(35,36)17-6-7-18(25)16(10-17)13-29-9-8-20(30)22(23(29)33)28-24(34)27-19(11-21(31)32)15-4-2-14(12-26)3-5-15/h2-10,19,30H,11-13,26H2,1H3,(H,31,32)(H2,27,28,34). The van der Waals surface area contributed by atoms with Crippen LogP contribution in [0.4, 0.5) is 10.5 Å². The number of carbonyl (C=O) groups is 2. The number of hydrogen-bond donors (Lipinski definition) is 5. The van der Waals surface area contributed by atoms with Crippen LogP contribution in [-0.2, 0) is 27.7 Å². The largest absolute Gasteiger partial charge is 0.505 e. The van der Waals surface area contributed by atoms with Gasteiger partial charge in [0.05, 0.1) is 23.9 Å². The van der Waals surface area contributed by atoms with Crippen molar-refractivity contribution < 1.29 is 28.2 Å². The van der Waals surface area contributed by atoms with Gasteiger partial charge < -0.3 is 31.1 Å². The van der Waals surface area contributed by atoms with Crippen LogP contribution < -0.4 is 21.9 Å². The summed E-state index contributed by atoms with van der Waals surface area (Å²) < 4.78 is 24.9. The van der Waals surface area contributed by atoms with Crippen molar-refractivity contribution >= 4 is 39.1 Å². The highest BCUT2D eigenvalue weighted by Crippen LogP contribution is 2.23. The first-order chi connectivity index (χ1) is 17.4. The number of halogens is 1. The van der Waals surface area contributed by atoms with Crippen LogP contribution in [0.25, 0.3) is 0 Å². The number of aromatic hydroxyl groups is 1. The number of carboxylic acid groups (broad SMARTS) is 1. The van der Waals surface area contributed by atoms with Crippen LogP contribution in [0, 0.1) is 0 Å². The molecule has 2 amide bonds. The Morgan fingerprint density at radius 3 is 2.41 bits per heavy atom. The number of aliphatic carboxylic acids is 1. The predicted octanol–water partition coefficient (Wildman–Crippen LogP) is 2.46. The Morgan fingerprint density at radius 1 is 1.14 bits per heavy atom. The molecule has 0 saturated heterocycles. The number of nitrogens with two attached hydrogens (primary N) is 1. The van der Waals surface area contributed by atoms with Gasteiger partial charge in [0.15, 0.2) is 15.5 Å². The molecule has 1 aromatic heterocycles. The molecular weight excluding hydrogens is 524 g/mol. The molecule has 196 valence electrons. The number of rotatable bonds is 9. The minimum atomic E-state index is -3.52. The number of sulfone groups is 1. The van der Waals surface area contributed by atoms with E-state index in [9.17, 15) is 33.0 Å². The second-order valence-electron chi connectivity index (χ2n) is 8.23. The van der Waals surface area contributed by atoms with Gasteiger partial charge >= 0.3 is 12.0 Å². The number of carboxylic acids is 1. The van der Waals surface area contributed by atoms with Crippen molar-refractivity contribution in [3.8, 4) is 5.75 Å². The van der Waals surface area contributed by atoms with E-state index in [1.54, 1.807) is 24.3 Å². The number of hydrogen-bond acceptors (Lipinski definition) is 7. The topological polar surface area (TPSA) is 181 Å². The zero-order valence-corrected chi connectivity index (χ0v) is 21.2. The maximum Gasteiger partial charge on any atom is 0.319 e. The monoisotopic (exact) mass is 548 g/mol. The number of aromatic nitrogens is 1. The maximum absolute atomic E-state index is 13.0. The molecule has 3 rings (SSSR count). The van der Waals surface area contributed by atoms with Gasteiger partial charge in [-0.3, -0.25) is 9.59 Å². The van der Waals surface area contributed by atoms with Crippen LogP contribution in [0.1, 0.15) is 29.2 Å². The van der Waals surface area contributed by atoms with Crippen molar-refractivity contribution in [1.82, 2.24) is 9.88 Å². The normalized spacial score (nSPS) is 12.1. The van der Waals surface area contributed by atoms with E-state index in [4.69, 9.17) is 17.3 Å². The highest BCUT2D eigenvalue weighted by Gasteiger charge is 2.21. The van der Waals surface area contributed by atoms with Crippen LogP contribution >= 0.6 is 11.6 Å². The van der Waals surface area contributed by atoms with Crippen molar-refractivity contribution in [2.45, 2.75) is 30.4 Å². The average molecular weight is 549 g/mol. The lowest BCUT2D eigenvalue weighted by Crippen LogP contribution is -2.36. The third-order valence-corrected chi connectivity index (χ3v) is 6.95. The van der Waals surface area contributed by atoms with Gasteiger partial charge in [0.25, 0.3) is 5.56 Å². The van der Waals surface area contributed by atoms with E-state index in [-0.39, 0.29) is 16.5 Å². The Kier molecular flexibility index (Phi) is 8.58. The van der Waals surface area contributed by atoms with Gasteiger partial charge in [0.1, 0.15) is 5.75 Å². The molecule has 1 heterocycles. The second kappa shape index (κ2) is 11.5. The quantitative estimate of drug-likeness (QED) is 0.270. The minimum Gasteiger partial charge on any atom is -0.505 e. The van der Waals surface area contributed by atoms with Crippen LogP contribution in [0.5, 0.6) is 5.75 Å². The minimum absolute atomic E-state index is 0.0143. The van der Waals surface area contributed by atoms with Gasteiger partial charge in [-0.15, -0.1) is 0 Å². The van der Waals surface area contributed by atoms with Crippen LogP contribution in [0.15, 0.2) is 64.4 Å². The molecule has 0 radical (unpaired) electrons. The zero-order chi connectivity index (χ0) is 27.3. The smallest absolute Gasteiger partial charge is 0.319 e. The van der Waals surface area contributed by atoms with Crippen molar-refractivity contribution in [2.24, 2.45) is 5.73 Å². The molecule has 13 heteroatoms. The molecule has 11 nitrogen and oxygen atoms in total. The van der Waals surface area contributed by atoms with Crippen molar-refractivity contribution in [3.05, 3.63) is 86.8 Å². The molecule has 0 aliphatic rings. The molecule has 0 saturated carbocycles. The van der Waals surface area contributed by atoms with E-state index in [1.807, 2.05) is 0 Å². The number of pyridine rings is 1. The van der Waals surface area contributed by atoms with Crippen molar-refractivity contribution in [1.29, 1.82) is 0 Å². The van der Waals surface area contributed by atoms with Gasteiger partial charge in [-0.05, 0) is 41.0 Å². The number of benzene rings is 2. The fraction of sp³-hybridized carbons (Fsp3) is 0.208. The fourth-order valence-electron chi connectivity index (χ4n) is 3.51. The van der Waals surface area contributed by atoms with Crippen LogP contribution in [0.2, 0.25) is 5.02 Å². The Balaban J connectivity index is 1.85. The summed E-state index contributed by atoms with van der Waals surface area (Å²) in [6, 6.07) is 10.1. The summed E-state index contributed by atoms with van der Waals surface area (Å²) in [6.07, 6.45) is 1.86. The Morgan fingerprint density at radius 2 is 1.81 bits per heavy atom. The lowest BCUT2D eigenvalue weighted by Gasteiger charge is -2.19. The molecule has 37 heavy (non-hydrogen) atoms. The summed E-state index contributed by atoms with van der Waals surface area (Å²) in [4.78, 5) is 37.1. The van der Waals surface area contributed by atoms with Gasteiger partial charge in [-0.25, -0.2) is 13.2 Å². The molecule has 1 atom stereocenters. The van der Waals surface area contributed by atoms with E-state index in [0.717, 1.165) is 16.4 Å². The highest BCUT2D eigenvalue weighted by molar-refractivity contribution is 7.90. The van der Waals surface area contributed by atoms with E-state index in [1.165, 1.54) is 30.5 Å². The van der Waals surface area contributed by atoms with Gasteiger partial charge in [-0.2, -0.15) is 0 Å². The number of nitrogens with one attached hydrogen (secondary N) is 2. The number of anilines is 1. The molecule has 2 aromatic carbocycles. The Bertz CT molecular complexity index is 1490. The third-order valence-electron chi connectivity index (χ3n) is 5.47. The van der Waals surface area contributed by atoms with Gasteiger partial charge in [0.2, 0.25) is 0 Å². The molecule has 0 aliphatic heterocycles. The lowest BCUT2D eigenvalue weighted by molar-refractivity contribution is -0.137. The second-order valence-corrected chi connectivity index (χ2v) is 10.7. The summed E-state index contributed by atoms with van der Waals surface area (Å²) in [6.45, 7) is 0.147. The van der Waals surface area contributed by atoms with E-state index >= 15 is 0 Å². The molecule has 0 spiro atoms. The summed E-state index contributed by atoms with van der Waals surface area (Å²) in [7, 11) is -3.52. The molecule has 6 N–H and O–H groups in total. The summed E-state index contributed by atoms with van der Waals surface area (Å²) in [5.41, 5.74) is 5.99. The molecule has 0 bridgehead atoms. The molecule has 0 fully saturated rings.